The first-order valence-corrected chi connectivity index (χ1v) is 7.62. The summed E-state index contributed by atoms with van der Waals surface area (Å²) < 4.78 is 5.19. The van der Waals surface area contributed by atoms with Crippen molar-refractivity contribution in [2.45, 2.75) is 6.92 Å². The van der Waals surface area contributed by atoms with Crippen molar-refractivity contribution in [3.8, 4) is 16.9 Å². The fourth-order valence-electron chi connectivity index (χ4n) is 2.58. The van der Waals surface area contributed by atoms with E-state index >= 15 is 0 Å². The lowest BCUT2D eigenvalue weighted by atomic mass is 9.97. The predicted molar refractivity (Wildman–Crippen MR) is 96.7 cm³/mol. The fourth-order valence-corrected chi connectivity index (χ4v) is 2.58. The Labute approximate surface area is 137 Å². The van der Waals surface area contributed by atoms with Gasteiger partial charge in [-0.1, -0.05) is 54.6 Å². The smallest absolute Gasteiger partial charge is 0.119 e. The molecule has 0 saturated heterocycles. The molecular weight excluding hydrogens is 282 g/mol. The van der Waals surface area contributed by atoms with E-state index in [1.54, 1.807) is 7.11 Å². The van der Waals surface area contributed by atoms with Crippen molar-refractivity contribution in [3.05, 3.63) is 84.4 Å². The monoisotopic (exact) mass is 301 g/mol. The summed E-state index contributed by atoms with van der Waals surface area (Å²) in [6, 6.07) is 26.5. The number of aliphatic imine (C=N–C) groups is 1. The van der Waals surface area contributed by atoms with Crippen LogP contribution in [-0.4, -0.2) is 12.8 Å². The highest BCUT2D eigenvalue weighted by Crippen LogP contribution is 2.25. The summed E-state index contributed by atoms with van der Waals surface area (Å²) in [5.74, 6) is 0.839. The minimum absolute atomic E-state index is 0.839. The lowest BCUT2D eigenvalue weighted by Crippen LogP contribution is -1.97. The van der Waals surface area contributed by atoms with Gasteiger partial charge in [0.05, 0.1) is 12.8 Å². The van der Waals surface area contributed by atoms with Crippen LogP contribution in [0, 0.1) is 0 Å². The molecule has 114 valence electrons. The third-order valence-corrected chi connectivity index (χ3v) is 3.77. The Kier molecular flexibility index (Phi) is 4.53. The Bertz CT molecular complexity index is 805. The van der Waals surface area contributed by atoms with Crippen molar-refractivity contribution in [2.75, 3.05) is 7.11 Å². The van der Waals surface area contributed by atoms with Crippen molar-refractivity contribution in [2.24, 2.45) is 4.99 Å². The Balaban J connectivity index is 1.99. The van der Waals surface area contributed by atoms with Crippen LogP contribution in [-0.2, 0) is 0 Å². The van der Waals surface area contributed by atoms with Gasteiger partial charge in [0.15, 0.2) is 0 Å². The maximum atomic E-state index is 5.19. The second kappa shape index (κ2) is 6.93. The van der Waals surface area contributed by atoms with E-state index in [1.165, 1.54) is 11.1 Å². The van der Waals surface area contributed by atoms with Crippen LogP contribution in [0.3, 0.4) is 0 Å². The third kappa shape index (κ3) is 3.49. The van der Waals surface area contributed by atoms with E-state index in [2.05, 4.69) is 48.5 Å². The van der Waals surface area contributed by atoms with Gasteiger partial charge in [-0.05, 0) is 42.3 Å². The molecule has 0 saturated carbocycles. The summed E-state index contributed by atoms with van der Waals surface area (Å²) in [6.45, 7) is 2.05. The van der Waals surface area contributed by atoms with E-state index in [1.807, 2.05) is 37.3 Å². The second-order valence-corrected chi connectivity index (χ2v) is 5.31. The Hall–Kier alpha value is -2.87. The molecule has 3 aromatic rings. The van der Waals surface area contributed by atoms with Crippen molar-refractivity contribution >= 4 is 11.4 Å². The molecule has 0 aromatic heterocycles. The molecule has 0 spiro atoms. The molecule has 0 aliphatic heterocycles. The summed E-state index contributed by atoms with van der Waals surface area (Å²) in [7, 11) is 1.67. The normalized spacial score (nSPS) is 11.3. The standard InChI is InChI=1S/C21H19NO/c1-16(22-18-12-14-19(23-2)15-13-18)20-10-6-7-11-21(20)17-8-4-3-5-9-17/h3-15H,1-2H3. The first-order chi connectivity index (χ1) is 11.3. The summed E-state index contributed by atoms with van der Waals surface area (Å²) in [5, 5.41) is 0. The zero-order valence-corrected chi connectivity index (χ0v) is 13.4. The van der Waals surface area contributed by atoms with Crippen molar-refractivity contribution in [1.82, 2.24) is 0 Å². The van der Waals surface area contributed by atoms with Crippen LogP contribution in [0.15, 0.2) is 83.9 Å². The number of methoxy groups -OCH3 is 1. The number of benzene rings is 3. The third-order valence-electron chi connectivity index (χ3n) is 3.77. The Morgan fingerprint density at radius 3 is 2.13 bits per heavy atom. The zero-order valence-electron chi connectivity index (χ0n) is 13.4. The van der Waals surface area contributed by atoms with Crippen LogP contribution in [0.25, 0.3) is 11.1 Å². The van der Waals surface area contributed by atoms with Gasteiger partial charge >= 0.3 is 0 Å². The van der Waals surface area contributed by atoms with Gasteiger partial charge in [0, 0.05) is 11.3 Å². The number of hydrogen-bond donors (Lipinski definition) is 0. The first-order valence-electron chi connectivity index (χ1n) is 7.62. The highest BCUT2D eigenvalue weighted by Gasteiger charge is 2.07. The largest absolute Gasteiger partial charge is 0.497 e. The molecule has 2 heteroatoms. The average molecular weight is 301 g/mol. The van der Waals surface area contributed by atoms with Gasteiger partial charge < -0.3 is 4.74 Å². The van der Waals surface area contributed by atoms with E-state index in [9.17, 15) is 0 Å². The molecule has 0 radical (unpaired) electrons. The number of nitrogens with zero attached hydrogens (tertiary/aromatic N) is 1. The topological polar surface area (TPSA) is 21.6 Å². The molecule has 0 aliphatic carbocycles. The predicted octanol–water partition coefficient (Wildman–Crippen LogP) is 5.50. The molecule has 0 unspecified atom stereocenters. The van der Waals surface area contributed by atoms with Gasteiger partial charge in [0.1, 0.15) is 5.75 Å². The van der Waals surface area contributed by atoms with E-state index in [4.69, 9.17) is 9.73 Å². The van der Waals surface area contributed by atoms with Crippen molar-refractivity contribution < 1.29 is 4.74 Å². The lowest BCUT2D eigenvalue weighted by molar-refractivity contribution is 0.415. The highest BCUT2D eigenvalue weighted by atomic mass is 16.5. The minimum Gasteiger partial charge on any atom is -0.497 e. The molecule has 3 aromatic carbocycles. The van der Waals surface area contributed by atoms with Gasteiger partial charge in [0.2, 0.25) is 0 Å². The highest BCUT2D eigenvalue weighted by molar-refractivity contribution is 6.05. The SMILES string of the molecule is COc1ccc(N=C(C)c2ccccc2-c2ccccc2)cc1. The van der Waals surface area contributed by atoms with E-state index in [0.717, 1.165) is 22.7 Å². The van der Waals surface area contributed by atoms with E-state index in [-0.39, 0.29) is 0 Å². The molecule has 2 nitrogen and oxygen atoms in total. The second-order valence-electron chi connectivity index (χ2n) is 5.31. The van der Waals surface area contributed by atoms with Crippen LogP contribution >= 0.6 is 0 Å². The summed E-state index contributed by atoms with van der Waals surface area (Å²) in [4.78, 5) is 4.75. The quantitative estimate of drug-likeness (QED) is 0.583. The van der Waals surface area contributed by atoms with Crippen molar-refractivity contribution in [1.29, 1.82) is 0 Å². The molecule has 0 heterocycles. The summed E-state index contributed by atoms with van der Waals surface area (Å²) in [5.41, 5.74) is 5.46. The fraction of sp³-hybridized carbons (Fsp3) is 0.0952. The van der Waals surface area contributed by atoms with Gasteiger partial charge in [-0.3, -0.25) is 4.99 Å². The number of rotatable bonds is 4. The lowest BCUT2D eigenvalue weighted by Gasteiger charge is -2.10. The molecular formula is C21H19NO. The van der Waals surface area contributed by atoms with Gasteiger partial charge in [-0.2, -0.15) is 0 Å². The van der Waals surface area contributed by atoms with Crippen molar-refractivity contribution in [3.63, 3.8) is 0 Å². The van der Waals surface area contributed by atoms with Crippen LogP contribution in [0.1, 0.15) is 12.5 Å². The van der Waals surface area contributed by atoms with Crippen LogP contribution in [0.4, 0.5) is 5.69 Å². The zero-order chi connectivity index (χ0) is 16.1. The molecule has 0 amide bonds. The molecule has 0 N–H and O–H groups in total. The summed E-state index contributed by atoms with van der Waals surface area (Å²) >= 11 is 0. The van der Waals surface area contributed by atoms with E-state index in [0.29, 0.717) is 0 Å². The number of hydrogen-bond acceptors (Lipinski definition) is 2. The van der Waals surface area contributed by atoms with E-state index < -0.39 is 0 Å². The first kappa shape index (κ1) is 15.0. The Morgan fingerprint density at radius 2 is 1.43 bits per heavy atom. The Morgan fingerprint density at radius 1 is 0.783 bits per heavy atom. The molecule has 0 atom stereocenters. The van der Waals surface area contributed by atoms with Crippen LogP contribution in [0.2, 0.25) is 0 Å². The van der Waals surface area contributed by atoms with Gasteiger partial charge in [-0.25, -0.2) is 0 Å². The average Bonchev–Trinajstić information content (AvgIpc) is 2.63. The van der Waals surface area contributed by atoms with Gasteiger partial charge in [0.25, 0.3) is 0 Å². The van der Waals surface area contributed by atoms with Crippen LogP contribution in [0.5, 0.6) is 5.75 Å². The number of ether oxygens (including phenoxy) is 1. The minimum atomic E-state index is 0.839. The maximum absolute atomic E-state index is 5.19. The summed E-state index contributed by atoms with van der Waals surface area (Å²) in [6.07, 6.45) is 0. The molecule has 23 heavy (non-hydrogen) atoms. The van der Waals surface area contributed by atoms with Crippen LogP contribution < -0.4 is 4.74 Å². The molecule has 0 bridgehead atoms. The maximum Gasteiger partial charge on any atom is 0.119 e. The van der Waals surface area contributed by atoms with Gasteiger partial charge in [-0.15, -0.1) is 0 Å². The molecule has 0 fully saturated rings. The molecule has 0 aliphatic rings. The molecule has 3 rings (SSSR count).